The Bertz CT molecular complexity index is 416. The molecule has 19 heavy (non-hydrogen) atoms. The van der Waals surface area contributed by atoms with Gasteiger partial charge in [-0.25, -0.2) is 4.98 Å². The second-order valence-corrected chi connectivity index (χ2v) is 4.47. The lowest BCUT2D eigenvalue weighted by Crippen LogP contribution is -2.26. The van der Waals surface area contributed by atoms with Crippen LogP contribution in [0.15, 0.2) is 12.1 Å². The quantitative estimate of drug-likeness (QED) is 0.591. The minimum atomic E-state index is -0.343. The Morgan fingerprint density at radius 2 is 2.11 bits per heavy atom. The molecule has 0 atom stereocenters. The summed E-state index contributed by atoms with van der Waals surface area (Å²) in [6, 6.07) is 3.07. The average molecular weight is 307 g/mol. The molecule has 1 heterocycles. The van der Waals surface area contributed by atoms with E-state index >= 15 is 0 Å². The van der Waals surface area contributed by atoms with Crippen molar-refractivity contribution in [1.82, 2.24) is 10.3 Å². The fraction of sp³-hybridized carbons (Fsp3) is 0.500. The molecule has 5 nitrogen and oxygen atoms in total. The molecule has 0 fully saturated rings. The summed E-state index contributed by atoms with van der Waals surface area (Å²) in [5.41, 5.74) is 0.134. The van der Waals surface area contributed by atoms with Crippen molar-refractivity contribution < 1.29 is 14.3 Å². The number of hydrogen-bond donors (Lipinski definition) is 1. The Labute approximate surface area is 122 Å². The molecule has 0 aliphatic carbocycles. The van der Waals surface area contributed by atoms with E-state index in [4.69, 9.17) is 32.7 Å². The van der Waals surface area contributed by atoms with Crippen LogP contribution in [0.2, 0.25) is 10.2 Å². The summed E-state index contributed by atoms with van der Waals surface area (Å²) in [4.78, 5) is 15.7. The van der Waals surface area contributed by atoms with E-state index in [-0.39, 0.29) is 21.8 Å². The molecule has 7 heteroatoms. The van der Waals surface area contributed by atoms with E-state index in [1.54, 1.807) is 13.2 Å². The summed E-state index contributed by atoms with van der Waals surface area (Å²) in [7, 11) is 1.62. The summed E-state index contributed by atoms with van der Waals surface area (Å²) < 4.78 is 10.1. The van der Waals surface area contributed by atoms with Crippen LogP contribution in [0, 0.1) is 0 Å². The molecule has 0 aromatic carbocycles. The number of nitrogens with zero attached hydrogens (tertiary/aromatic N) is 1. The number of amides is 1. The molecular formula is C12H16Cl2N2O3. The number of rotatable bonds is 8. The molecule has 0 aliphatic heterocycles. The van der Waals surface area contributed by atoms with E-state index in [2.05, 4.69) is 10.3 Å². The van der Waals surface area contributed by atoms with Gasteiger partial charge in [-0.15, -0.1) is 0 Å². The van der Waals surface area contributed by atoms with Gasteiger partial charge in [0, 0.05) is 20.3 Å². The highest BCUT2D eigenvalue weighted by Crippen LogP contribution is 2.16. The van der Waals surface area contributed by atoms with Gasteiger partial charge in [0.2, 0.25) is 0 Å². The Balaban J connectivity index is 2.26. The molecule has 0 saturated carbocycles. The van der Waals surface area contributed by atoms with Crippen molar-refractivity contribution >= 4 is 29.1 Å². The van der Waals surface area contributed by atoms with E-state index in [0.717, 1.165) is 0 Å². The van der Waals surface area contributed by atoms with Gasteiger partial charge in [-0.2, -0.15) is 0 Å². The zero-order chi connectivity index (χ0) is 14.1. The molecule has 1 rings (SSSR count). The number of methoxy groups -OCH3 is 1. The maximum Gasteiger partial charge on any atom is 0.271 e. The molecule has 1 amide bonds. The largest absolute Gasteiger partial charge is 0.382 e. The highest BCUT2D eigenvalue weighted by atomic mass is 35.5. The lowest BCUT2D eigenvalue weighted by Gasteiger charge is -2.07. The number of ether oxygens (including phenoxy) is 2. The number of carbonyl (C=O) groups excluding carboxylic acids is 1. The molecule has 0 saturated heterocycles. The molecule has 0 radical (unpaired) electrons. The van der Waals surface area contributed by atoms with Crippen molar-refractivity contribution in [3.05, 3.63) is 28.0 Å². The van der Waals surface area contributed by atoms with Crippen molar-refractivity contribution in [2.45, 2.75) is 6.42 Å². The van der Waals surface area contributed by atoms with Crippen LogP contribution in [0.1, 0.15) is 16.9 Å². The maximum atomic E-state index is 11.8. The van der Waals surface area contributed by atoms with E-state index in [1.807, 2.05) is 0 Å². The van der Waals surface area contributed by atoms with Crippen molar-refractivity contribution in [2.75, 3.05) is 33.5 Å². The Morgan fingerprint density at radius 1 is 1.32 bits per heavy atom. The van der Waals surface area contributed by atoms with Crippen molar-refractivity contribution in [3.63, 3.8) is 0 Å². The molecule has 0 unspecified atom stereocenters. The van der Waals surface area contributed by atoms with E-state index in [1.165, 1.54) is 6.07 Å². The first-order valence-corrected chi connectivity index (χ1v) is 6.57. The van der Waals surface area contributed by atoms with Crippen LogP contribution in [0.5, 0.6) is 0 Å². The fourth-order valence-corrected chi connectivity index (χ4v) is 1.62. The first-order chi connectivity index (χ1) is 9.15. The summed E-state index contributed by atoms with van der Waals surface area (Å²) >= 11 is 11.6. The standard InChI is InChI=1S/C12H16Cl2N2O3/c1-18-7-8-19-6-2-5-15-12(17)11-9(13)3-4-10(14)16-11/h3-4H,2,5-8H2,1H3,(H,15,17). The second kappa shape index (κ2) is 9.09. The topological polar surface area (TPSA) is 60.5 Å². The highest BCUT2D eigenvalue weighted by Gasteiger charge is 2.11. The molecule has 0 aliphatic rings. The minimum Gasteiger partial charge on any atom is -0.382 e. The van der Waals surface area contributed by atoms with Crippen LogP contribution in [0.3, 0.4) is 0 Å². The summed E-state index contributed by atoms with van der Waals surface area (Å²) in [5.74, 6) is -0.343. The number of hydrogen-bond acceptors (Lipinski definition) is 4. The van der Waals surface area contributed by atoms with E-state index < -0.39 is 0 Å². The van der Waals surface area contributed by atoms with Crippen LogP contribution < -0.4 is 5.32 Å². The van der Waals surface area contributed by atoms with Crippen molar-refractivity contribution in [1.29, 1.82) is 0 Å². The van der Waals surface area contributed by atoms with Gasteiger partial charge >= 0.3 is 0 Å². The third-order valence-electron chi connectivity index (χ3n) is 2.21. The predicted octanol–water partition coefficient (Wildman–Crippen LogP) is 2.17. The molecule has 0 spiro atoms. The van der Waals surface area contributed by atoms with Crippen LogP contribution in [0.4, 0.5) is 0 Å². The monoisotopic (exact) mass is 306 g/mol. The van der Waals surface area contributed by atoms with Gasteiger partial charge in [0.25, 0.3) is 5.91 Å². The number of nitrogens with one attached hydrogen (secondary N) is 1. The van der Waals surface area contributed by atoms with Crippen molar-refractivity contribution in [3.8, 4) is 0 Å². The Hall–Kier alpha value is -0.880. The summed E-state index contributed by atoms with van der Waals surface area (Å²) in [6.07, 6.45) is 0.702. The molecule has 1 N–H and O–H groups in total. The Morgan fingerprint density at radius 3 is 2.84 bits per heavy atom. The number of aromatic nitrogens is 1. The number of carbonyl (C=O) groups is 1. The third kappa shape index (κ3) is 6.20. The number of pyridine rings is 1. The van der Waals surface area contributed by atoms with Gasteiger partial charge in [-0.3, -0.25) is 4.79 Å². The van der Waals surface area contributed by atoms with E-state index in [0.29, 0.717) is 32.8 Å². The van der Waals surface area contributed by atoms with Gasteiger partial charge in [-0.1, -0.05) is 23.2 Å². The molecule has 1 aromatic rings. The molecule has 106 valence electrons. The van der Waals surface area contributed by atoms with Crippen LogP contribution in [-0.4, -0.2) is 44.4 Å². The van der Waals surface area contributed by atoms with Gasteiger partial charge < -0.3 is 14.8 Å². The minimum absolute atomic E-state index is 0.134. The van der Waals surface area contributed by atoms with Crippen LogP contribution in [0.25, 0.3) is 0 Å². The molecule has 1 aromatic heterocycles. The SMILES string of the molecule is COCCOCCCNC(=O)c1nc(Cl)ccc1Cl. The Kier molecular flexibility index (Phi) is 7.74. The smallest absolute Gasteiger partial charge is 0.271 e. The van der Waals surface area contributed by atoms with Gasteiger partial charge in [-0.05, 0) is 18.6 Å². The van der Waals surface area contributed by atoms with Gasteiger partial charge in [0.15, 0.2) is 0 Å². The molecular weight excluding hydrogens is 291 g/mol. The van der Waals surface area contributed by atoms with Gasteiger partial charge in [0.05, 0.1) is 18.2 Å². The first kappa shape index (κ1) is 16.2. The zero-order valence-corrected chi connectivity index (χ0v) is 12.1. The molecule has 0 bridgehead atoms. The normalized spacial score (nSPS) is 10.5. The fourth-order valence-electron chi connectivity index (χ4n) is 1.28. The predicted molar refractivity (Wildman–Crippen MR) is 73.9 cm³/mol. The third-order valence-corrected chi connectivity index (χ3v) is 2.73. The van der Waals surface area contributed by atoms with Crippen molar-refractivity contribution in [2.24, 2.45) is 0 Å². The lowest BCUT2D eigenvalue weighted by molar-refractivity contribution is 0.0688. The highest BCUT2D eigenvalue weighted by molar-refractivity contribution is 6.34. The average Bonchev–Trinajstić information content (AvgIpc) is 2.40. The summed E-state index contributed by atoms with van der Waals surface area (Å²) in [5, 5.41) is 3.21. The lowest BCUT2D eigenvalue weighted by atomic mass is 10.3. The zero-order valence-electron chi connectivity index (χ0n) is 10.6. The summed E-state index contributed by atoms with van der Waals surface area (Å²) in [6.45, 7) is 2.15. The second-order valence-electron chi connectivity index (χ2n) is 3.68. The van der Waals surface area contributed by atoms with E-state index in [9.17, 15) is 4.79 Å². The first-order valence-electron chi connectivity index (χ1n) is 5.82. The number of halogens is 2. The maximum absolute atomic E-state index is 11.8. The van der Waals surface area contributed by atoms with Gasteiger partial charge in [0.1, 0.15) is 10.8 Å². The van der Waals surface area contributed by atoms with Crippen LogP contribution >= 0.6 is 23.2 Å². The van der Waals surface area contributed by atoms with Crippen LogP contribution in [-0.2, 0) is 9.47 Å².